The molecule has 9 heteroatoms. The van der Waals surface area contributed by atoms with Gasteiger partial charge in [-0.3, -0.25) is 18.9 Å². The molecule has 4 rings (SSSR count). The first-order valence-corrected chi connectivity index (χ1v) is 12.4. The Labute approximate surface area is 207 Å². The molecule has 0 radical (unpaired) electrons. The molecule has 1 aromatic carbocycles. The molecule has 1 amide bonds. The fourth-order valence-corrected chi connectivity index (χ4v) is 4.93. The summed E-state index contributed by atoms with van der Waals surface area (Å²) in [7, 11) is 1.62. The number of amides is 1. The highest BCUT2D eigenvalue weighted by molar-refractivity contribution is 8.26. The average Bonchev–Trinajstić information content (AvgIpc) is 3.12. The Hall–Kier alpha value is -3.17. The minimum absolute atomic E-state index is 0.162. The number of carbonyl (C=O) groups is 1. The van der Waals surface area contributed by atoms with E-state index < -0.39 is 0 Å². The number of pyridine rings is 1. The number of rotatable bonds is 9. The fraction of sp³-hybridized carbons (Fsp3) is 0.280. The van der Waals surface area contributed by atoms with Gasteiger partial charge in [0.2, 0.25) is 0 Å². The van der Waals surface area contributed by atoms with E-state index in [0.29, 0.717) is 39.3 Å². The summed E-state index contributed by atoms with van der Waals surface area (Å²) in [5, 5.41) is 3.28. The second kappa shape index (κ2) is 10.8. The van der Waals surface area contributed by atoms with Gasteiger partial charge in [-0.1, -0.05) is 61.9 Å². The van der Waals surface area contributed by atoms with Crippen molar-refractivity contribution < 1.29 is 9.53 Å². The van der Waals surface area contributed by atoms with Gasteiger partial charge in [-0.15, -0.1) is 0 Å². The van der Waals surface area contributed by atoms with E-state index in [9.17, 15) is 9.59 Å². The van der Waals surface area contributed by atoms with Crippen LogP contribution in [0, 0.1) is 0 Å². The Morgan fingerprint density at radius 3 is 2.68 bits per heavy atom. The lowest BCUT2D eigenvalue weighted by Gasteiger charge is -2.13. The van der Waals surface area contributed by atoms with Crippen LogP contribution in [0.2, 0.25) is 0 Å². The Bertz CT molecular complexity index is 1300. The second-order valence-electron chi connectivity index (χ2n) is 7.85. The molecule has 1 saturated heterocycles. The number of anilines is 1. The number of aromatic nitrogens is 2. The normalized spacial score (nSPS) is 14.9. The summed E-state index contributed by atoms with van der Waals surface area (Å²) in [5.74, 6) is 1.03. The van der Waals surface area contributed by atoms with Crippen LogP contribution in [0.4, 0.5) is 5.82 Å². The highest BCUT2D eigenvalue weighted by Crippen LogP contribution is 2.33. The molecule has 1 fully saturated rings. The first-order chi connectivity index (χ1) is 16.5. The summed E-state index contributed by atoms with van der Waals surface area (Å²) in [5.41, 5.74) is 1.60. The lowest BCUT2D eigenvalue weighted by molar-refractivity contribution is -0.122. The van der Waals surface area contributed by atoms with Crippen LogP contribution in [-0.4, -0.2) is 38.2 Å². The standard InChI is InChI=1S/C25H26N4O3S2/c1-3-4-6-14-29-24(31)20(34-25(29)33)15-19-22(26-16-17-9-11-18(32-2)12-10-17)27-21-8-5-7-13-28(21)23(19)30/h5,7-13,15,26H,3-4,6,14,16H2,1-2H3. The summed E-state index contributed by atoms with van der Waals surface area (Å²) in [6.45, 7) is 3.16. The van der Waals surface area contributed by atoms with Gasteiger partial charge in [-0.2, -0.15) is 0 Å². The summed E-state index contributed by atoms with van der Waals surface area (Å²) >= 11 is 6.67. The lowest BCUT2D eigenvalue weighted by Crippen LogP contribution is -2.29. The topological polar surface area (TPSA) is 75.9 Å². The molecule has 7 nitrogen and oxygen atoms in total. The van der Waals surface area contributed by atoms with E-state index in [1.807, 2.05) is 30.3 Å². The fourth-order valence-electron chi connectivity index (χ4n) is 3.64. The van der Waals surface area contributed by atoms with Crippen molar-refractivity contribution in [2.45, 2.75) is 32.7 Å². The molecule has 176 valence electrons. The van der Waals surface area contributed by atoms with Crippen LogP contribution >= 0.6 is 24.0 Å². The maximum atomic E-state index is 13.4. The number of hydrogen-bond donors (Lipinski definition) is 1. The van der Waals surface area contributed by atoms with Gasteiger partial charge in [0, 0.05) is 19.3 Å². The zero-order chi connectivity index (χ0) is 24.1. The van der Waals surface area contributed by atoms with Crippen LogP contribution in [0.5, 0.6) is 5.75 Å². The maximum absolute atomic E-state index is 13.4. The average molecular weight is 495 g/mol. The first kappa shape index (κ1) is 24.0. The SMILES string of the molecule is CCCCCN1C(=O)C(=Cc2c(NCc3ccc(OC)cc3)nc3ccccn3c2=O)SC1=S. The molecule has 0 saturated carbocycles. The zero-order valence-electron chi connectivity index (χ0n) is 19.1. The number of hydrogen-bond acceptors (Lipinski definition) is 7. The van der Waals surface area contributed by atoms with Crippen LogP contribution in [0.25, 0.3) is 11.7 Å². The molecule has 1 aliphatic heterocycles. The van der Waals surface area contributed by atoms with Gasteiger partial charge in [0.15, 0.2) is 0 Å². The molecule has 3 aromatic rings. The van der Waals surface area contributed by atoms with E-state index in [4.69, 9.17) is 17.0 Å². The van der Waals surface area contributed by atoms with Gasteiger partial charge in [0.25, 0.3) is 11.5 Å². The van der Waals surface area contributed by atoms with E-state index in [0.717, 1.165) is 30.6 Å². The molecule has 0 bridgehead atoms. The van der Waals surface area contributed by atoms with Crippen molar-refractivity contribution >= 4 is 51.7 Å². The first-order valence-electron chi connectivity index (χ1n) is 11.2. The summed E-state index contributed by atoms with van der Waals surface area (Å²) in [6.07, 6.45) is 6.28. The van der Waals surface area contributed by atoms with Crippen LogP contribution < -0.4 is 15.6 Å². The molecule has 1 aliphatic rings. The molecule has 0 spiro atoms. The molecular formula is C25H26N4O3S2. The van der Waals surface area contributed by atoms with Crippen molar-refractivity contribution in [3.8, 4) is 5.75 Å². The molecule has 0 aliphatic carbocycles. The van der Waals surface area contributed by atoms with Crippen molar-refractivity contribution in [2.75, 3.05) is 19.0 Å². The monoisotopic (exact) mass is 494 g/mol. The van der Waals surface area contributed by atoms with Crippen molar-refractivity contribution in [1.82, 2.24) is 14.3 Å². The van der Waals surface area contributed by atoms with Gasteiger partial charge < -0.3 is 10.1 Å². The molecule has 1 N–H and O–H groups in total. The molecule has 0 atom stereocenters. The molecule has 2 aromatic heterocycles. The largest absolute Gasteiger partial charge is 0.497 e. The number of fused-ring (bicyclic) bond motifs is 1. The van der Waals surface area contributed by atoms with Crippen LogP contribution in [0.1, 0.15) is 37.3 Å². The molecule has 3 heterocycles. The van der Waals surface area contributed by atoms with Crippen molar-refractivity contribution in [3.63, 3.8) is 0 Å². The van der Waals surface area contributed by atoms with Crippen LogP contribution in [0.3, 0.4) is 0 Å². The van der Waals surface area contributed by atoms with Gasteiger partial charge in [-0.25, -0.2) is 4.98 Å². The molecule has 34 heavy (non-hydrogen) atoms. The lowest BCUT2D eigenvalue weighted by atomic mass is 10.2. The Morgan fingerprint density at radius 2 is 1.94 bits per heavy atom. The summed E-state index contributed by atoms with van der Waals surface area (Å²) in [6, 6.07) is 13.0. The van der Waals surface area contributed by atoms with Crippen molar-refractivity contribution in [2.24, 2.45) is 0 Å². The van der Waals surface area contributed by atoms with Gasteiger partial charge in [0.1, 0.15) is 21.5 Å². The Balaban J connectivity index is 1.68. The summed E-state index contributed by atoms with van der Waals surface area (Å²) < 4.78 is 7.21. The van der Waals surface area contributed by atoms with Crippen LogP contribution in [0.15, 0.2) is 58.4 Å². The quantitative estimate of drug-likeness (QED) is 0.262. The highest BCUT2D eigenvalue weighted by Gasteiger charge is 2.32. The number of thioether (sulfide) groups is 1. The van der Waals surface area contributed by atoms with E-state index in [2.05, 4.69) is 17.2 Å². The third-order valence-corrected chi connectivity index (χ3v) is 6.90. The van der Waals surface area contributed by atoms with Gasteiger partial charge in [0.05, 0.1) is 17.6 Å². The van der Waals surface area contributed by atoms with Crippen LogP contribution in [-0.2, 0) is 11.3 Å². The minimum atomic E-state index is -0.251. The summed E-state index contributed by atoms with van der Waals surface area (Å²) in [4.78, 5) is 33.1. The number of methoxy groups -OCH3 is 1. The number of thiocarbonyl (C=S) groups is 1. The van der Waals surface area contributed by atoms with Crippen molar-refractivity contribution in [1.29, 1.82) is 0 Å². The second-order valence-corrected chi connectivity index (χ2v) is 9.53. The van der Waals surface area contributed by atoms with E-state index in [1.54, 1.807) is 36.4 Å². The predicted molar refractivity (Wildman–Crippen MR) is 141 cm³/mol. The number of ether oxygens (including phenoxy) is 1. The van der Waals surface area contributed by atoms with Crippen molar-refractivity contribution in [3.05, 3.63) is 75.0 Å². The van der Waals surface area contributed by atoms with Gasteiger partial charge >= 0.3 is 0 Å². The Kier molecular flexibility index (Phi) is 7.64. The predicted octanol–water partition coefficient (Wildman–Crippen LogP) is 4.71. The molecular weight excluding hydrogens is 468 g/mol. The third-order valence-electron chi connectivity index (χ3n) is 5.52. The van der Waals surface area contributed by atoms with E-state index >= 15 is 0 Å². The number of benzene rings is 1. The van der Waals surface area contributed by atoms with E-state index in [1.165, 1.54) is 16.2 Å². The Morgan fingerprint density at radius 1 is 1.15 bits per heavy atom. The van der Waals surface area contributed by atoms with Gasteiger partial charge in [-0.05, 0) is 42.3 Å². The number of unbranched alkanes of at least 4 members (excludes halogenated alkanes) is 2. The van der Waals surface area contributed by atoms with E-state index in [-0.39, 0.29) is 11.5 Å². The molecule has 0 unspecified atom stereocenters. The smallest absolute Gasteiger partial charge is 0.267 e. The zero-order valence-corrected chi connectivity index (χ0v) is 20.7. The minimum Gasteiger partial charge on any atom is -0.497 e. The number of nitrogens with zero attached hydrogens (tertiary/aromatic N) is 3. The maximum Gasteiger partial charge on any atom is 0.267 e. The highest BCUT2D eigenvalue weighted by atomic mass is 32.2. The third kappa shape index (κ3) is 5.15. The number of carbonyl (C=O) groups excluding carboxylic acids is 1. The number of nitrogens with one attached hydrogen (secondary N) is 1.